The van der Waals surface area contributed by atoms with Gasteiger partial charge in [0, 0.05) is 4.90 Å². The number of thioether (sulfide) groups is 2. The Morgan fingerprint density at radius 1 is 1.40 bits per heavy atom. The highest BCUT2D eigenvalue weighted by atomic mass is 32.2. The van der Waals surface area contributed by atoms with E-state index in [9.17, 15) is 4.79 Å². The third kappa shape index (κ3) is 4.54. The highest BCUT2D eigenvalue weighted by Crippen LogP contribution is 2.21. The molecule has 20 heavy (non-hydrogen) atoms. The maximum atomic E-state index is 11.4. The van der Waals surface area contributed by atoms with E-state index in [2.05, 4.69) is 15.5 Å². The zero-order valence-electron chi connectivity index (χ0n) is 11.0. The predicted molar refractivity (Wildman–Crippen MR) is 87.2 cm³/mol. The van der Waals surface area contributed by atoms with Gasteiger partial charge >= 0.3 is 0 Å². The van der Waals surface area contributed by atoms with E-state index in [1.807, 2.05) is 48.7 Å². The van der Waals surface area contributed by atoms with Crippen LogP contribution in [-0.4, -0.2) is 22.5 Å². The lowest BCUT2D eigenvalue weighted by molar-refractivity contribution is -0.118. The average Bonchev–Trinajstić information content (AvgIpc) is 2.84. The summed E-state index contributed by atoms with van der Waals surface area (Å²) in [5, 5.41) is 13.1. The summed E-state index contributed by atoms with van der Waals surface area (Å²) < 4.78 is 0. The lowest BCUT2D eigenvalue weighted by Crippen LogP contribution is -2.24. The molecule has 0 aliphatic carbocycles. The second kappa shape index (κ2) is 7.91. The molecule has 0 radical (unpaired) electrons. The molecule has 2 rings (SSSR count). The molecule has 1 aromatic rings. The van der Waals surface area contributed by atoms with Crippen molar-refractivity contribution in [2.24, 2.45) is 10.2 Å². The largest absolute Gasteiger partial charge is 0.303 e. The van der Waals surface area contributed by atoms with Gasteiger partial charge in [0.15, 0.2) is 5.17 Å². The molecule has 6 heteroatoms. The van der Waals surface area contributed by atoms with Crippen LogP contribution in [0.2, 0.25) is 0 Å². The van der Waals surface area contributed by atoms with Crippen LogP contribution in [0.15, 0.2) is 56.9 Å². The van der Waals surface area contributed by atoms with E-state index in [4.69, 9.17) is 0 Å². The van der Waals surface area contributed by atoms with Gasteiger partial charge in [-0.2, -0.15) is 5.10 Å². The maximum absolute atomic E-state index is 11.4. The van der Waals surface area contributed by atoms with Crippen molar-refractivity contribution >= 4 is 40.8 Å². The second-order valence-electron chi connectivity index (χ2n) is 3.93. The molecule has 0 aromatic heterocycles. The SMILES string of the molecule is CCC1S\C(=N/N=C/C=C/Sc2ccccc2)NC1=O. The summed E-state index contributed by atoms with van der Waals surface area (Å²) in [4.78, 5) is 12.6. The number of amidine groups is 1. The van der Waals surface area contributed by atoms with Crippen molar-refractivity contribution in [1.82, 2.24) is 5.32 Å². The van der Waals surface area contributed by atoms with Crippen molar-refractivity contribution in [3.8, 4) is 0 Å². The molecule has 1 aliphatic heterocycles. The Hall–Kier alpha value is -1.53. The lowest BCUT2D eigenvalue weighted by Gasteiger charge is -1.95. The maximum Gasteiger partial charge on any atom is 0.239 e. The second-order valence-corrected chi connectivity index (χ2v) is 6.10. The minimum atomic E-state index is -0.0341. The topological polar surface area (TPSA) is 53.8 Å². The van der Waals surface area contributed by atoms with Crippen molar-refractivity contribution in [1.29, 1.82) is 0 Å². The van der Waals surface area contributed by atoms with E-state index in [0.717, 1.165) is 6.42 Å². The van der Waals surface area contributed by atoms with Crippen LogP contribution in [0.1, 0.15) is 13.3 Å². The molecule has 4 nitrogen and oxygen atoms in total. The van der Waals surface area contributed by atoms with Crippen LogP contribution in [0, 0.1) is 0 Å². The molecule has 1 aromatic carbocycles. The summed E-state index contributed by atoms with van der Waals surface area (Å²) in [6.07, 6.45) is 4.22. The molecular weight excluding hydrogens is 290 g/mol. The van der Waals surface area contributed by atoms with Gasteiger partial charge in [-0.15, -0.1) is 5.10 Å². The van der Waals surface area contributed by atoms with E-state index in [1.165, 1.54) is 16.7 Å². The van der Waals surface area contributed by atoms with Crippen molar-refractivity contribution in [3.05, 3.63) is 41.8 Å². The molecule has 0 bridgehead atoms. The van der Waals surface area contributed by atoms with Gasteiger partial charge in [0.05, 0.1) is 11.5 Å². The molecular formula is C14H15N3OS2. The number of nitrogens with zero attached hydrogens (tertiary/aromatic N) is 2. The molecule has 1 saturated heterocycles. The van der Waals surface area contributed by atoms with Crippen LogP contribution >= 0.6 is 23.5 Å². The molecule has 1 amide bonds. The van der Waals surface area contributed by atoms with Crippen LogP contribution in [0.25, 0.3) is 0 Å². The number of carbonyl (C=O) groups excluding carboxylic acids is 1. The summed E-state index contributed by atoms with van der Waals surface area (Å²) in [6.45, 7) is 1.98. The van der Waals surface area contributed by atoms with Crippen molar-refractivity contribution in [2.45, 2.75) is 23.5 Å². The van der Waals surface area contributed by atoms with Gasteiger partial charge in [0.25, 0.3) is 0 Å². The van der Waals surface area contributed by atoms with Crippen LogP contribution in [-0.2, 0) is 4.79 Å². The number of hydrogen-bond acceptors (Lipinski definition) is 5. The Morgan fingerprint density at radius 2 is 2.20 bits per heavy atom. The molecule has 1 unspecified atom stereocenters. The van der Waals surface area contributed by atoms with Crippen molar-refractivity contribution in [2.75, 3.05) is 0 Å². The first-order valence-electron chi connectivity index (χ1n) is 6.25. The number of benzene rings is 1. The van der Waals surface area contributed by atoms with Gasteiger partial charge in [0.2, 0.25) is 5.91 Å². The third-order valence-electron chi connectivity index (χ3n) is 2.47. The molecule has 0 saturated carbocycles. The Bertz CT molecular complexity index is 541. The summed E-state index contributed by atoms with van der Waals surface area (Å²) >= 11 is 3.04. The number of hydrogen-bond donors (Lipinski definition) is 1. The highest BCUT2D eigenvalue weighted by Gasteiger charge is 2.28. The van der Waals surface area contributed by atoms with Gasteiger partial charge in [0.1, 0.15) is 0 Å². The Labute approximate surface area is 126 Å². The summed E-state index contributed by atoms with van der Waals surface area (Å²) in [5.74, 6) is 0.0154. The van der Waals surface area contributed by atoms with Gasteiger partial charge < -0.3 is 5.32 Å². The minimum absolute atomic E-state index is 0.0154. The number of amides is 1. The molecule has 1 atom stereocenters. The summed E-state index contributed by atoms with van der Waals surface area (Å²) in [7, 11) is 0. The van der Waals surface area contributed by atoms with Crippen molar-refractivity contribution in [3.63, 3.8) is 0 Å². The van der Waals surface area contributed by atoms with E-state index in [-0.39, 0.29) is 11.2 Å². The standard InChI is InChI=1S/C14H15N3OS2/c1-2-12-13(18)16-14(20-12)17-15-9-6-10-19-11-7-4-3-5-8-11/h3-10,12H,2H2,1H3,(H,16,17,18)/b10-6+,15-9+. The van der Waals surface area contributed by atoms with Crippen LogP contribution in [0.5, 0.6) is 0 Å². The fraction of sp³-hybridized carbons (Fsp3) is 0.214. The Balaban J connectivity index is 1.78. The monoisotopic (exact) mass is 305 g/mol. The fourth-order valence-corrected chi connectivity index (χ4v) is 2.97. The zero-order chi connectivity index (χ0) is 14.2. The molecule has 0 spiro atoms. The Morgan fingerprint density at radius 3 is 2.90 bits per heavy atom. The van der Waals surface area contributed by atoms with E-state index >= 15 is 0 Å². The molecule has 1 fully saturated rings. The number of allylic oxidation sites excluding steroid dienone is 1. The van der Waals surface area contributed by atoms with Gasteiger partial charge in [-0.3, -0.25) is 4.79 Å². The third-order valence-corrected chi connectivity index (χ3v) is 4.55. The van der Waals surface area contributed by atoms with E-state index in [0.29, 0.717) is 5.17 Å². The molecule has 1 heterocycles. The minimum Gasteiger partial charge on any atom is -0.303 e. The Kier molecular flexibility index (Phi) is 5.88. The first-order chi connectivity index (χ1) is 9.79. The normalized spacial score (nSPS) is 21.1. The fourth-order valence-electron chi connectivity index (χ4n) is 1.50. The van der Waals surface area contributed by atoms with Gasteiger partial charge in [-0.05, 0) is 30.0 Å². The van der Waals surface area contributed by atoms with Crippen molar-refractivity contribution < 1.29 is 4.79 Å². The van der Waals surface area contributed by atoms with Crippen LogP contribution in [0.3, 0.4) is 0 Å². The zero-order valence-corrected chi connectivity index (χ0v) is 12.7. The summed E-state index contributed by atoms with van der Waals surface area (Å²) in [5.41, 5.74) is 0. The smallest absolute Gasteiger partial charge is 0.239 e. The summed E-state index contributed by atoms with van der Waals surface area (Å²) in [6, 6.07) is 10.1. The molecule has 1 N–H and O–H groups in total. The number of carbonyl (C=O) groups is 1. The van der Waals surface area contributed by atoms with Crippen LogP contribution in [0.4, 0.5) is 0 Å². The van der Waals surface area contributed by atoms with Crippen LogP contribution < -0.4 is 5.32 Å². The molecule has 104 valence electrons. The van der Waals surface area contributed by atoms with E-state index in [1.54, 1.807) is 18.0 Å². The first kappa shape index (κ1) is 14.9. The first-order valence-corrected chi connectivity index (χ1v) is 8.01. The number of rotatable bonds is 5. The molecule has 1 aliphatic rings. The van der Waals surface area contributed by atoms with E-state index < -0.39 is 0 Å². The quantitative estimate of drug-likeness (QED) is 0.516. The highest BCUT2D eigenvalue weighted by molar-refractivity contribution is 8.15. The van der Waals surface area contributed by atoms with Gasteiger partial charge in [-0.1, -0.05) is 48.6 Å². The van der Waals surface area contributed by atoms with Gasteiger partial charge in [-0.25, -0.2) is 0 Å². The predicted octanol–water partition coefficient (Wildman–Crippen LogP) is 3.28. The lowest BCUT2D eigenvalue weighted by atomic mass is 10.3. The average molecular weight is 305 g/mol. The number of nitrogens with one attached hydrogen (secondary N) is 1.